The molecule has 1 aliphatic heterocycles. The van der Waals surface area contributed by atoms with E-state index in [0.717, 1.165) is 11.1 Å². The first-order valence-corrected chi connectivity index (χ1v) is 9.28. The van der Waals surface area contributed by atoms with Crippen LogP contribution in [0.4, 0.5) is 24.8 Å². The van der Waals surface area contributed by atoms with Crippen molar-refractivity contribution in [2.75, 3.05) is 18.5 Å². The van der Waals surface area contributed by atoms with Gasteiger partial charge >= 0.3 is 6.18 Å². The van der Waals surface area contributed by atoms with Gasteiger partial charge in [-0.1, -0.05) is 24.3 Å². The van der Waals surface area contributed by atoms with Crippen molar-refractivity contribution >= 4 is 11.6 Å². The number of hydrogen-bond donors (Lipinski definition) is 1. The lowest BCUT2D eigenvalue weighted by Crippen LogP contribution is -2.39. The van der Waals surface area contributed by atoms with E-state index in [1.165, 1.54) is 0 Å². The van der Waals surface area contributed by atoms with Gasteiger partial charge in [-0.2, -0.15) is 18.2 Å². The first kappa shape index (κ1) is 20.6. The van der Waals surface area contributed by atoms with Crippen LogP contribution in [0.5, 0.6) is 5.88 Å². The van der Waals surface area contributed by atoms with Crippen LogP contribution in [0.25, 0.3) is 16.1 Å². The van der Waals surface area contributed by atoms with Crippen LogP contribution in [0.3, 0.4) is 0 Å². The summed E-state index contributed by atoms with van der Waals surface area (Å²) in [6.45, 7) is 7.84. The zero-order chi connectivity index (χ0) is 21.8. The van der Waals surface area contributed by atoms with E-state index < -0.39 is 23.7 Å². The summed E-state index contributed by atoms with van der Waals surface area (Å²) in [6.07, 6.45) is -2.78. The number of anilines is 1. The van der Waals surface area contributed by atoms with Gasteiger partial charge < -0.3 is 14.8 Å². The number of benzene rings is 1. The van der Waals surface area contributed by atoms with Crippen LogP contribution in [0.1, 0.15) is 11.1 Å². The second kappa shape index (κ2) is 8.57. The Hall–Kier alpha value is -3.71. The van der Waals surface area contributed by atoms with E-state index in [0.29, 0.717) is 24.1 Å². The highest BCUT2D eigenvalue weighted by molar-refractivity contribution is 5.64. The molecule has 0 saturated carbocycles. The number of nitrogens with one attached hydrogen (secondary N) is 1. The van der Waals surface area contributed by atoms with Crippen molar-refractivity contribution in [1.29, 1.82) is 0 Å². The molecule has 1 saturated heterocycles. The van der Waals surface area contributed by atoms with Gasteiger partial charge in [-0.3, -0.25) is 4.98 Å². The van der Waals surface area contributed by atoms with Crippen LogP contribution < -0.4 is 10.1 Å². The predicted molar refractivity (Wildman–Crippen MR) is 106 cm³/mol. The first-order valence-electron chi connectivity index (χ1n) is 9.28. The number of nitrogens with zero attached hydrogens (tertiary/aromatic N) is 4. The molecule has 0 radical (unpaired) electrons. The summed E-state index contributed by atoms with van der Waals surface area (Å²) in [5.74, 6) is -0.488. The van der Waals surface area contributed by atoms with Crippen molar-refractivity contribution in [1.82, 2.24) is 15.0 Å². The number of rotatable bonds is 6. The van der Waals surface area contributed by atoms with Crippen molar-refractivity contribution in [2.24, 2.45) is 0 Å². The average Bonchev–Trinajstić information content (AvgIpc) is 2.74. The largest absolute Gasteiger partial charge is 0.469 e. The molecule has 1 fully saturated rings. The third-order valence-corrected chi connectivity index (χ3v) is 4.52. The number of pyridine rings is 1. The van der Waals surface area contributed by atoms with Crippen molar-refractivity contribution < 1.29 is 22.6 Å². The summed E-state index contributed by atoms with van der Waals surface area (Å²) in [6, 6.07) is 10.7. The summed E-state index contributed by atoms with van der Waals surface area (Å²) >= 11 is 0. The van der Waals surface area contributed by atoms with Crippen LogP contribution in [0.2, 0.25) is 0 Å². The Bertz CT molecular complexity index is 1110. The molecular formula is C21H16F3N5O2. The molecule has 0 bridgehead atoms. The zero-order valence-corrected chi connectivity index (χ0v) is 16.1. The van der Waals surface area contributed by atoms with Crippen molar-refractivity contribution in [3.8, 4) is 17.1 Å². The number of ether oxygens (including phenoxy) is 2. The average molecular weight is 427 g/mol. The second-order valence-corrected chi connectivity index (χ2v) is 6.75. The first-order chi connectivity index (χ1) is 14.9. The lowest BCUT2D eigenvalue weighted by Gasteiger charge is -2.27. The van der Waals surface area contributed by atoms with Crippen LogP contribution in [0.15, 0.2) is 48.8 Å². The molecule has 0 atom stereocenters. The molecule has 0 amide bonds. The lowest BCUT2D eigenvalue weighted by molar-refractivity contribution is -0.142. The quantitative estimate of drug-likeness (QED) is 0.584. The van der Waals surface area contributed by atoms with Crippen molar-refractivity contribution in [3.63, 3.8) is 0 Å². The van der Waals surface area contributed by atoms with Gasteiger partial charge in [0.25, 0.3) is 0 Å². The fourth-order valence-corrected chi connectivity index (χ4v) is 2.80. The minimum atomic E-state index is -4.62. The van der Waals surface area contributed by atoms with Crippen LogP contribution >= 0.6 is 0 Å². The molecule has 158 valence electrons. The highest BCUT2D eigenvalue weighted by Gasteiger charge is 2.37. The molecule has 31 heavy (non-hydrogen) atoms. The Morgan fingerprint density at radius 3 is 2.58 bits per heavy atom. The Morgan fingerprint density at radius 2 is 1.94 bits per heavy atom. The molecule has 4 rings (SSSR count). The van der Waals surface area contributed by atoms with E-state index in [4.69, 9.17) is 16.0 Å². The molecule has 0 spiro atoms. The van der Waals surface area contributed by atoms with Crippen LogP contribution in [0, 0.1) is 6.57 Å². The van der Waals surface area contributed by atoms with Crippen LogP contribution in [-0.4, -0.2) is 34.3 Å². The van der Waals surface area contributed by atoms with Gasteiger partial charge in [0.2, 0.25) is 11.8 Å². The number of hydrogen-bond acceptors (Lipinski definition) is 6. The van der Waals surface area contributed by atoms with Gasteiger partial charge in [0, 0.05) is 18.9 Å². The number of halogens is 3. The molecule has 3 aromatic rings. The van der Waals surface area contributed by atoms with Crippen molar-refractivity contribution in [3.05, 3.63) is 71.3 Å². The highest BCUT2D eigenvalue weighted by Crippen LogP contribution is 2.36. The SMILES string of the molecule is [C-]#[N+]c1ccnc(-c2ccc(CNc3ncc(C(F)(F)F)c(OC4COC4)n3)cc2)c1. The highest BCUT2D eigenvalue weighted by atomic mass is 19.4. The Balaban J connectivity index is 1.46. The molecule has 1 aromatic carbocycles. The molecule has 0 aliphatic carbocycles. The Labute approximate surface area is 175 Å². The third kappa shape index (κ3) is 4.90. The minimum absolute atomic E-state index is 0.0266. The summed E-state index contributed by atoms with van der Waals surface area (Å²) < 4.78 is 49.8. The van der Waals surface area contributed by atoms with E-state index in [2.05, 4.69) is 25.1 Å². The monoisotopic (exact) mass is 427 g/mol. The summed E-state index contributed by atoms with van der Waals surface area (Å²) in [7, 11) is 0. The smallest absolute Gasteiger partial charge is 0.423 e. The number of aromatic nitrogens is 3. The lowest BCUT2D eigenvalue weighted by atomic mass is 10.1. The second-order valence-electron chi connectivity index (χ2n) is 6.75. The molecule has 2 aromatic heterocycles. The molecule has 0 unspecified atom stereocenters. The summed E-state index contributed by atoms with van der Waals surface area (Å²) in [5.41, 5.74) is 1.87. The van der Waals surface area contributed by atoms with Gasteiger partial charge in [-0.15, -0.1) is 0 Å². The van der Waals surface area contributed by atoms with Gasteiger partial charge in [-0.25, -0.2) is 9.83 Å². The predicted octanol–water partition coefficient (Wildman–Crippen LogP) is 4.50. The fourth-order valence-electron chi connectivity index (χ4n) is 2.80. The van der Waals surface area contributed by atoms with Crippen molar-refractivity contribution in [2.45, 2.75) is 18.8 Å². The summed E-state index contributed by atoms with van der Waals surface area (Å²) in [4.78, 5) is 15.3. The molecule has 1 aliphatic rings. The molecule has 3 heterocycles. The van der Waals surface area contributed by atoms with Gasteiger partial charge in [0.05, 0.1) is 25.5 Å². The Morgan fingerprint density at radius 1 is 1.16 bits per heavy atom. The van der Waals surface area contributed by atoms with E-state index in [1.807, 2.05) is 24.3 Å². The summed E-state index contributed by atoms with van der Waals surface area (Å²) in [5, 5.41) is 2.91. The molecule has 1 N–H and O–H groups in total. The minimum Gasteiger partial charge on any atom is -0.469 e. The maximum Gasteiger partial charge on any atom is 0.423 e. The normalized spacial score (nSPS) is 13.9. The standard InChI is InChI=1S/C21H16F3N5O2/c1-25-15-6-7-26-18(8-15)14-4-2-13(3-5-14)9-27-20-28-10-17(21(22,23)24)19(29-20)31-16-11-30-12-16/h2-8,10,16H,9,11-12H2,(H,27,28,29). The molecule has 10 heteroatoms. The van der Waals surface area contributed by atoms with E-state index in [-0.39, 0.29) is 19.2 Å². The van der Waals surface area contributed by atoms with Gasteiger partial charge in [0.1, 0.15) is 11.7 Å². The van der Waals surface area contributed by atoms with Gasteiger partial charge in [-0.05, 0) is 23.3 Å². The molecular weight excluding hydrogens is 411 g/mol. The van der Waals surface area contributed by atoms with Gasteiger partial charge in [0.15, 0.2) is 5.69 Å². The third-order valence-electron chi connectivity index (χ3n) is 4.52. The van der Waals surface area contributed by atoms with E-state index in [1.54, 1.807) is 18.3 Å². The number of alkyl halides is 3. The zero-order valence-electron chi connectivity index (χ0n) is 16.1. The van der Waals surface area contributed by atoms with Crippen LogP contribution in [-0.2, 0) is 17.5 Å². The molecule has 7 nitrogen and oxygen atoms in total. The van der Waals surface area contributed by atoms with E-state index >= 15 is 0 Å². The van der Waals surface area contributed by atoms with E-state index in [9.17, 15) is 13.2 Å². The fraction of sp³-hybridized carbons (Fsp3) is 0.238. The Kier molecular flexibility index (Phi) is 5.68. The maximum atomic E-state index is 13.2. The maximum absolute atomic E-state index is 13.2. The topological polar surface area (TPSA) is 73.5 Å².